The fraction of sp³-hybridized carbons (Fsp3) is 0.158. The first-order valence-corrected chi connectivity index (χ1v) is 9.45. The van der Waals surface area contributed by atoms with Crippen LogP contribution in [0.3, 0.4) is 0 Å². The van der Waals surface area contributed by atoms with E-state index in [1.807, 2.05) is 19.1 Å². The van der Waals surface area contributed by atoms with Crippen LogP contribution in [0.5, 0.6) is 0 Å². The van der Waals surface area contributed by atoms with E-state index < -0.39 is 11.8 Å². The highest BCUT2D eigenvalue weighted by Crippen LogP contribution is 2.26. The van der Waals surface area contributed by atoms with E-state index in [1.54, 1.807) is 36.4 Å². The van der Waals surface area contributed by atoms with Crippen LogP contribution in [0.2, 0.25) is 0 Å². The number of primary amides is 1. The van der Waals surface area contributed by atoms with E-state index in [-0.39, 0.29) is 24.0 Å². The summed E-state index contributed by atoms with van der Waals surface area (Å²) in [5.41, 5.74) is 10.2. The van der Waals surface area contributed by atoms with Crippen LogP contribution in [0.4, 0.5) is 11.4 Å². The number of anilines is 2. The number of carbonyl (C=O) groups is 3. The van der Waals surface area contributed by atoms with Crippen LogP contribution in [0.15, 0.2) is 58.4 Å². The van der Waals surface area contributed by atoms with Gasteiger partial charge in [0.15, 0.2) is 0 Å². The number of para-hydroxylation sites is 1. The lowest BCUT2D eigenvalue weighted by atomic mass is 10.2. The van der Waals surface area contributed by atoms with Crippen LogP contribution < -0.4 is 21.5 Å². The zero-order valence-electron chi connectivity index (χ0n) is 15.1. The Morgan fingerprint density at radius 2 is 1.93 bits per heavy atom. The fourth-order valence-electron chi connectivity index (χ4n) is 2.47. The molecule has 144 valence electrons. The summed E-state index contributed by atoms with van der Waals surface area (Å²) >= 11 is 1.23. The maximum atomic E-state index is 12.7. The first-order chi connectivity index (χ1) is 13.4. The molecule has 0 radical (unpaired) electrons. The van der Waals surface area contributed by atoms with E-state index in [2.05, 4.69) is 15.7 Å². The highest BCUT2D eigenvalue weighted by atomic mass is 32.2. The number of amides is 3. The average molecular weight is 397 g/mol. The number of nitrogens with two attached hydrogens (primary N) is 1. The number of hydrogen-bond acceptors (Lipinski definition) is 6. The molecule has 0 unspecified atom stereocenters. The second-order valence-electron chi connectivity index (χ2n) is 6.05. The SMILES string of the molecule is Cc1ccc(N2NC(C(=O)Nc3ccccc3SCC(N)=O)=NCC2=O)cc1. The zero-order chi connectivity index (χ0) is 20.1. The summed E-state index contributed by atoms with van der Waals surface area (Å²) in [5, 5.41) is 4.06. The minimum Gasteiger partial charge on any atom is -0.369 e. The van der Waals surface area contributed by atoms with E-state index in [0.717, 1.165) is 5.56 Å². The van der Waals surface area contributed by atoms with Crippen molar-refractivity contribution in [3.8, 4) is 0 Å². The third kappa shape index (κ3) is 4.68. The largest absolute Gasteiger partial charge is 0.369 e. The highest BCUT2D eigenvalue weighted by Gasteiger charge is 2.26. The average Bonchev–Trinajstić information content (AvgIpc) is 2.68. The van der Waals surface area contributed by atoms with Crippen molar-refractivity contribution in [3.63, 3.8) is 0 Å². The number of aliphatic imine (C=N–C) groups is 1. The summed E-state index contributed by atoms with van der Waals surface area (Å²) in [4.78, 5) is 40.6. The van der Waals surface area contributed by atoms with E-state index in [9.17, 15) is 14.4 Å². The highest BCUT2D eigenvalue weighted by molar-refractivity contribution is 8.00. The number of thioether (sulfide) groups is 1. The van der Waals surface area contributed by atoms with Crippen LogP contribution in [-0.4, -0.2) is 35.9 Å². The number of rotatable bonds is 6. The van der Waals surface area contributed by atoms with Gasteiger partial charge in [0.25, 0.3) is 11.8 Å². The van der Waals surface area contributed by atoms with Crippen LogP contribution in [0.1, 0.15) is 5.56 Å². The molecule has 0 fully saturated rings. The fourth-order valence-corrected chi connectivity index (χ4v) is 3.22. The van der Waals surface area contributed by atoms with Gasteiger partial charge in [0.05, 0.1) is 17.1 Å². The molecule has 0 aliphatic carbocycles. The third-order valence-corrected chi connectivity index (χ3v) is 4.95. The molecule has 9 heteroatoms. The molecule has 28 heavy (non-hydrogen) atoms. The molecule has 0 saturated carbocycles. The van der Waals surface area contributed by atoms with Crippen molar-refractivity contribution < 1.29 is 14.4 Å². The van der Waals surface area contributed by atoms with Crippen molar-refractivity contribution in [3.05, 3.63) is 54.1 Å². The Balaban J connectivity index is 1.73. The lowest BCUT2D eigenvalue weighted by Gasteiger charge is -2.27. The minimum atomic E-state index is -0.489. The van der Waals surface area contributed by atoms with E-state index >= 15 is 0 Å². The number of benzene rings is 2. The molecule has 0 saturated heterocycles. The molecule has 8 nitrogen and oxygen atoms in total. The second-order valence-corrected chi connectivity index (χ2v) is 7.06. The summed E-state index contributed by atoms with van der Waals surface area (Å²) in [6.45, 7) is 1.81. The maximum Gasteiger partial charge on any atom is 0.292 e. The van der Waals surface area contributed by atoms with E-state index in [0.29, 0.717) is 16.3 Å². The third-order valence-electron chi connectivity index (χ3n) is 3.85. The molecule has 1 heterocycles. The van der Waals surface area contributed by atoms with Crippen LogP contribution >= 0.6 is 11.8 Å². The molecule has 2 aromatic rings. The van der Waals surface area contributed by atoms with Gasteiger partial charge in [-0.05, 0) is 31.2 Å². The molecular formula is C19H19N5O3S. The van der Waals surface area contributed by atoms with Crippen molar-refractivity contribution in [1.82, 2.24) is 5.43 Å². The Kier molecular flexibility index (Phi) is 5.95. The molecule has 0 atom stereocenters. The van der Waals surface area contributed by atoms with E-state index in [1.165, 1.54) is 16.8 Å². The maximum absolute atomic E-state index is 12.7. The monoisotopic (exact) mass is 397 g/mol. The van der Waals surface area contributed by atoms with Crippen molar-refractivity contribution in [2.75, 3.05) is 22.6 Å². The standard InChI is InChI=1S/C19H19N5O3S/c1-12-6-8-13(9-7-12)24-17(26)10-21-18(23-24)19(27)22-14-4-2-3-5-15(14)28-11-16(20)25/h2-9H,10-11H2,1H3,(H2,20,25)(H,21,23)(H,22,27). The Hall–Kier alpha value is -3.33. The predicted molar refractivity (Wildman–Crippen MR) is 109 cm³/mol. The van der Waals surface area contributed by atoms with Gasteiger partial charge in [-0.15, -0.1) is 11.8 Å². The van der Waals surface area contributed by atoms with Crippen molar-refractivity contribution in [1.29, 1.82) is 0 Å². The predicted octanol–water partition coefficient (Wildman–Crippen LogP) is 1.46. The quantitative estimate of drug-likeness (QED) is 0.638. The first-order valence-electron chi connectivity index (χ1n) is 8.46. The first kappa shape index (κ1) is 19.4. The summed E-state index contributed by atoms with van der Waals surface area (Å²) in [6, 6.07) is 14.4. The van der Waals surface area contributed by atoms with Gasteiger partial charge in [-0.25, -0.2) is 5.01 Å². The molecule has 2 aromatic carbocycles. The Bertz CT molecular complexity index is 943. The number of hydrazine groups is 1. The number of nitrogens with one attached hydrogen (secondary N) is 2. The number of amidine groups is 1. The lowest BCUT2D eigenvalue weighted by molar-refractivity contribution is -0.118. The lowest BCUT2D eigenvalue weighted by Crippen LogP contribution is -2.54. The van der Waals surface area contributed by atoms with Crippen LogP contribution in [0.25, 0.3) is 0 Å². The minimum absolute atomic E-state index is 0.0230. The van der Waals surface area contributed by atoms with E-state index in [4.69, 9.17) is 5.73 Å². The molecule has 1 aliphatic heterocycles. The van der Waals surface area contributed by atoms with Crippen molar-refractivity contribution in [2.45, 2.75) is 11.8 Å². The normalized spacial score (nSPS) is 13.5. The number of hydrogen-bond donors (Lipinski definition) is 3. The Morgan fingerprint density at radius 1 is 1.21 bits per heavy atom. The van der Waals surface area contributed by atoms with Crippen LogP contribution in [0, 0.1) is 6.92 Å². The summed E-state index contributed by atoms with van der Waals surface area (Å²) in [6.07, 6.45) is 0. The number of carbonyl (C=O) groups excluding carboxylic acids is 3. The molecular weight excluding hydrogens is 378 g/mol. The van der Waals surface area contributed by atoms with Gasteiger partial charge in [0.1, 0.15) is 6.54 Å². The zero-order valence-corrected chi connectivity index (χ0v) is 16.0. The molecule has 3 amide bonds. The van der Waals surface area contributed by atoms with Gasteiger partial charge in [-0.1, -0.05) is 29.8 Å². The van der Waals surface area contributed by atoms with Crippen LogP contribution in [-0.2, 0) is 14.4 Å². The van der Waals surface area contributed by atoms with Gasteiger partial charge in [0, 0.05) is 4.90 Å². The smallest absolute Gasteiger partial charge is 0.292 e. The number of aryl methyl sites for hydroxylation is 1. The second kappa shape index (κ2) is 8.57. The molecule has 3 rings (SSSR count). The summed E-state index contributed by atoms with van der Waals surface area (Å²) in [5.74, 6) is -1.08. The number of nitrogens with zero attached hydrogens (tertiary/aromatic N) is 2. The van der Waals surface area contributed by atoms with Gasteiger partial charge in [-0.2, -0.15) is 0 Å². The topological polar surface area (TPSA) is 117 Å². The summed E-state index contributed by atoms with van der Waals surface area (Å²) in [7, 11) is 0. The molecule has 0 bridgehead atoms. The molecule has 0 aromatic heterocycles. The molecule has 4 N–H and O–H groups in total. The molecule has 0 spiro atoms. The van der Waals surface area contributed by atoms with Gasteiger partial charge < -0.3 is 11.1 Å². The Labute approximate surface area is 166 Å². The molecule has 1 aliphatic rings. The van der Waals surface area contributed by atoms with Gasteiger partial charge in [0.2, 0.25) is 11.7 Å². The van der Waals surface area contributed by atoms with Crippen molar-refractivity contribution >= 4 is 46.7 Å². The van der Waals surface area contributed by atoms with Crippen molar-refractivity contribution in [2.24, 2.45) is 10.7 Å². The Morgan fingerprint density at radius 3 is 2.64 bits per heavy atom. The van der Waals surface area contributed by atoms with Gasteiger partial charge >= 0.3 is 0 Å². The summed E-state index contributed by atoms with van der Waals surface area (Å²) < 4.78 is 0. The van der Waals surface area contributed by atoms with Gasteiger partial charge in [-0.3, -0.25) is 24.8 Å².